The van der Waals surface area contributed by atoms with Gasteiger partial charge in [-0.25, -0.2) is 57.1 Å². The minimum atomic E-state index is -3.47. The summed E-state index contributed by atoms with van der Waals surface area (Å²) >= 11 is 0.877. The van der Waals surface area contributed by atoms with Gasteiger partial charge in [-0.3, -0.25) is 0 Å². The molecule has 9 aromatic rings. The van der Waals surface area contributed by atoms with Crippen LogP contribution >= 0.6 is 35.3 Å². The number of aliphatic hydroxyl groups is 9. The van der Waals surface area contributed by atoms with E-state index in [2.05, 4.69) is 76.8 Å². The third kappa shape index (κ3) is 17.5. The van der Waals surface area contributed by atoms with Gasteiger partial charge in [-0.2, -0.15) is 0 Å². The second-order valence-corrected chi connectivity index (χ2v) is 27.3. The number of anilines is 3. The number of hydrogen-bond donors (Lipinski definition) is 12. The summed E-state index contributed by atoms with van der Waals surface area (Å²) in [6.07, 6.45) is -23.8. The van der Waals surface area contributed by atoms with Crippen molar-refractivity contribution in [1.29, 1.82) is 0 Å². The van der Waals surface area contributed by atoms with Gasteiger partial charge in [0.1, 0.15) is 54.1 Å². The molecule has 0 amide bonds. The number of ether oxygens (including phenoxy) is 3. The van der Waals surface area contributed by atoms with Crippen LogP contribution in [0.25, 0.3) is 33.5 Å². The molecule has 582 valence electrons. The zero-order chi connectivity index (χ0) is 105. The van der Waals surface area contributed by atoms with E-state index < -0.39 is 267 Å². The predicted molar refractivity (Wildman–Crippen MR) is 398 cm³/mol. The monoisotopic (exact) mass is 1590 g/mol. The summed E-state index contributed by atoms with van der Waals surface area (Å²) in [5.74, 6) is -7.40. The largest absolute Gasteiger partial charge is 0.394 e. The Labute approximate surface area is 678 Å². The number of aromatic nitrogens is 15. The lowest BCUT2D eigenvalue weighted by atomic mass is 10.1. The van der Waals surface area contributed by atoms with Gasteiger partial charge in [-0.05, 0) is 111 Å². The maximum absolute atomic E-state index is 14.8. The zero-order valence-corrected chi connectivity index (χ0v) is 60.1. The lowest BCUT2D eigenvalue weighted by Gasteiger charge is -2.17. The summed E-state index contributed by atoms with van der Waals surface area (Å²) < 4.78 is 323. The highest BCUT2D eigenvalue weighted by atomic mass is 32.2. The van der Waals surface area contributed by atoms with E-state index in [1.54, 1.807) is 0 Å². The van der Waals surface area contributed by atoms with Crippen LogP contribution in [0.2, 0.25) is 0 Å². The highest BCUT2D eigenvalue weighted by Crippen LogP contribution is 2.48. The molecule has 0 bridgehead atoms. The van der Waals surface area contributed by atoms with Crippen LogP contribution in [-0.2, 0) is 14.2 Å². The standard InChI is InChI=1S/3C24H31FN6O4S/c3*1-3-8-36-24-27-22(26-16-10-14(16)13-5-4-12(2)15(25)9-13)19-23(28-24)31(30-29-19)17-11-18(35-7-6-32)21(34)20(17)33/h3*4-5,9,14,16-18,20-21,32-34H,3,6-8,10-11H2,1-2H3,(H,26,27,28)/t3*14-,16+,17+,18-,20-,21+/m000/s1/i3D2,4D,5D,6D2,7D2,8D2,9D,16D;3D2,4D,5D,8D2,9D,10D2,16D;3D2,4D,5D,7D2,8D2,9D,16D. The Morgan fingerprint density at radius 1 is 0.481 bits per heavy atom. The molecule has 0 radical (unpaired) electrons. The Bertz CT molecular complexity index is 6200. The number of rotatable bonds is 30. The van der Waals surface area contributed by atoms with E-state index in [0.29, 0.717) is 11.8 Å². The van der Waals surface area contributed by atoms with Crippen molar-refractivity contribution in [3.05, 3.63) is 105 Å². The molecule has 6 heterocycles. The molecule has 15 rings (SSSR count). The van der Waals surface area contributed by atoms with E-state index >= 15 is 0 Å². The first-order chi connectivity index (χ1) is 64.1. The summed E-state index contributed by atoms with van der Waals surface area (Å²) in [4.78, 5) is 25.6. The molecule has 6 aliphatic carbocycles. The zero-order valence-electron chi connectivity index (χ0n) is 89.6. The normalized spacial score (nSPS) is 35.6. The fourth-order valence-electron chi connectivity index (χ4n) is 12.2. The molecule has 6 fully saturated rings. The van der Waals surface area contributed by atoms with Crippen LogP contribution in [0.4, 0.5) is 30.6 Å². The van der Waals surface area contributed by atoms with Gasteiger partial charge in [0.15, 0.2) is 66.4 Å². The van der Waals surface area contributed by atoms with Crippen LogP contribution in [0, 0.1) is 38.2 Å². The third-order valence-corrected chi connectivity index (χ3v) is 19.9. The number of nitrogens with one attached hydrogen (secondary N) is 3. The fraction of sp³-hybridized carbons (Fsp3) is 0.583. The Kier molecular flexibility index (Phi) is 15.6. The molecular formula is C72H93F3N18O12S3. The quantitative estimate of drug-likeness (QED) is 0.0168. The number of hydrogen-bond acceptors (Lipinski definition) is 30. The van der Waals surface area contributed by atoms with Gasteiger partial charge < -0.3 is 76.1 Å². The maximum Gasteiger partial charge on any atom is 0.191 e. The van der Waals surface area contributed by atoms with Crippen molar-refractivity contribution in [3.8, 4) is 0 Å². The van der Waals surface area contributed by atoms with Crippen molar-refractivity contribution in [3.63, 3.8) is 0 Å². The lowest BCUT2D eigenvalue weighted by Crippen LogP contribution is -2.33. The average molecular weight is 1590 g/mol. The molecule has 36 heteroatoms. The lowest BCUT2D eigenvalue weighted by molar-refractivity contribution is -0.0629. The smallest absolute Gasteiger partial charge is 0.191 e. The van der Waals surface area contributed by atoms with E-state index in [1.165, 1.54) is 20.8 Å². The molecule has 6 aromatic heterocycles. The van der Waals surface area contributed by atoms with Crippen molar-refractivity contribution in [2.45, 2.75) is 223 Å². The molecule has 30 nitrogen and oxygen atoms in total. The molecule has 3 aromatic carbocycles. The van der Waals surface area contributed by atoms with Crippen LogP contribution in [0.15, 0.2) is 69.9 Å². The Morgan fingerprint density at radius 3 is 1.19 bits per heavy atom. The number of halogens is 3. The van der Waals surface area contributed by atoms with Crippen LogP contribution in [0.1, 0.15) is 191 Å². The summed E-state index contributed by atoms with van der Waals surface area (Å²) in [6.45, 7) is -3.98. The summed E-state index contributed by atoms with van der Waals surface area (Å²) in [7, 11) is 0. The van der Waals surface area contributed by atoms with E-state index in [1.807, 2.05) is 0 Å². The fourth-order valence-corrected chi connectivity index (χ4v) is 13.5. The highest BCUT2D eigenvalue weighted by Gasteiger charge is 2.49. The second kappa shape index (κ2) is 35.1. The van der Waals surface area contributed by atoms with E-state index in [4.69, 9.17) is 63.2 Å². The molecule has 108 heavy (non-hydrogen) atoms. The van der Waals surface area contributed by atoms with Gasteiger partial charge in [0, 0.05) is 91.4 Å². The van der Waals surface area contributed by atoms with E-state index in [9.17, 15) is 54.0 Å². The summed E-state index contributed by atoms with van der Waals surface area (Å²) in [5.41, 5.74) is -10.2. The number of thioether (sulfide) groups is 3. The molecular weight excluding hydrogens is 1460 g/mol. The first-order valence-corrected chi connectivity index (χ1v) is 35.6. The van der Waals surface area contributed by atoms with Gasteiger partial charge in [-0.1, -0.05) is 108 Å². The minimum absolute atomic E-state index is 0.0195. The van der Waals surface area contributed by atoms with Gasteiger partial charge >= 0.3 is 0 Å². The third-order valence-electron chi connectivity index (χ3n) is 17.9. The summed E-state index contributed by atoms with van der Waals surface area (Å²) in [5, 5.41) is 123. The van der Waals surface area contributed by atoms with Crippen molar-refractivity contribution in [2.75, 3.05) is 72.6 Å². The number of aliphatic hydroxyl groups excluding tert-OH is 8. The van der Waals surface area contributed by atoms with Gasteiger partial charge in [0.05, 0.1) is 101 Å². The molecule has 18 atom stereocenters. The number of benzene rings is 3. The van der Waals surface area contributed by atoms with Crippen molar-refractivity contribution < 1.29 is 117 Å². The first-order valence-electron chi connectivity index (χ1n) is 49.2. The number of nitrogens with zero attached hydrogens (tertiary/aromatic N) is 15. The van der Waals surface area contributed by atoms with Crippen LogP contribution in [0.5, 0.6) is 0 Å². The van der Waals surface area contributed by atoms with Gasteiger partial charge in [0.25, 0.3) is 0 Å². The molecule has 6 aliphatic rings. The first kappa shape index (κ1) is 47.9. The van der Waals surface area contributed by atoms with Crippen LogP contribution < -0.4 is 16.0 Å². The van der Waals surface area contributed by atoms with Crippen molar-refractivity contribution in [2.24, 2.45) is 0 Å². The predicted octanol–water partition coefficient (Wildman–Crippen LogP) is 6.55. The van der Waals surface area contributed by atoms with Crippen molar-refractivity contribution in [1.82, 2.24) is 74.9 Å². The Balaban J connectivity index is 0.000000177. The van der Waals surface area contributed by atoms with E-state index in [-0.39, 0.29) is 151 Å². The van der Waals surface area contributed by atoms with Gasteiger partial charge in [0.2, 0.25) is 0 Å². The molecule has 6 saturated carbocycles. The second-order valence-electron chi connectivity index (χ2n) is 25.0. The van der Waals surface area contributed by atoms with E-state index in [0.717, 1.165) is 34.8 Å². The molecule has 0 aliphatic heterocycles. The SMILES string of the molecule is [2H]c1c([2H])c([C@@H]2C([2H])([2H])[C@@]2([2H])Nc2nc(SC([2H])([2H])C([2H])([2H])C)nc3c2nnn3[C@@H]2C[C@H](OCCO)[C@@H](O)[C@H]2O)c([2H])c(F)c1C.[2H]c1c([2H])c([C@@H]2C[C@@]2([2H])Nc2nc(SC([2H])([2H])C([2H])([2H])C)nc3c2nnn3[C@@H]2C[C@H](OC([2H])([2H])C([2H])([2H])O)[C@@H](O)[C@H]2O)c([2H])c(F)c1C.[2H]c1c([2H])c([C@@H]2C[C@@]2([2H])Nc2nc(SC([2H])([2H])C([2H])([2H])C)nc3c2nnn3[C@@H]2C[C@H](OC([2H])([2H])CO)[C@@H](O)[C@H]2O)c([2H])c(F)c1C. The molecule has 0 unspecified atom stereocenters. The van der Waals surface area contributed by atoms with Crippen molar-refractivity contribution >= 4 is 86.2 Å². The molecule has 12 N–H and O–H groups in total. The Morgan fingerprint density at radius 2 is 0.833 bits per heavy atom. The topological polar surface area (TPSA) is 415 Å². The summed E-state index contributed by atoms with van der Waals surface area (Å²) in [6, 6.07) is -14.1. The molecule has 0 saturated heterocycles. The van der Waals surface area contributed by atoms with Crippen LogP contribution in [-0.4, -0.2) is 250 Å². The van der Waals surface area contributed by atoms with Crippen LogP contribution in [0.3, 0.4) is 0 Å². The highest BCUT2D eigenvalue weighted by molar-refractivity contribution is 7.99. The number of fused-ring (bicyclic) bond motifs is 3. The minimum Gasteiger partial charge on any atom is -0.394 e. The molecule has 0 spiro atoms. The average Bonchev–Trinajstić information content (AvgIpc) is 1.50. The van der Waals surface area contributed by atoms with Gasteiger partial charge in [-0.15, -0.1) is 15.3 Å². The Hall–Kier alpha value is -7.14. The maximum atomic E-state index is 14.8.